The number of fused-ring (bicyclic) bond motifs is 10. The molecule has 0 bridgehead atoms. The van der Waals surface area contributed by atoms with E-state index in [1.165, 1.54) is 73.0 Å². The highest BCUT2D eigenvalue weighted by Crippen LogP contribution is 2.34. The number of pyridine rings is 2. The summed E-state index contributed by atoms with van der Waals surface area (Å²) in [5.41, 5.74) is 15.8. The van der Waals surface area contributed by atoms with Crippen molar-refractivity contribution in [2.45, 2.75) is 73.9 Å². The fourth-order valence-corrected chi connectivity index (χ4v) is 7.69. The van der Waals surface area contributed by atoms with Crippen LogP contribution in [0.15, 0.2) is 103 Å². The molecule has 0 atom stereocenters. The first kappa shape index (κ1) is 30.4. The fourth-order valence-electron chi connectivity index (χ4n) is 7.69. The molecule has 0 amide bonds. The van der Waals surface area contributed by atoms with Crippen molar-refractivity contribution in [3.8, 4) is 22.5 Å². The van der Waals surface area contributed by atoms with Crippen LogP contribution in [0.1, 0.15) is 69.4 Å². The van der Waals surface area contributed by atoms with E-state index in [0.717, 1.165) is 25.9 Å². The predicted octanol–water partition coefficient (Wildman–Crippen LogP) is 9.91. The molecule has 0 unspecified atom stereocenters. The van der Waals surface area contributed by atoms with E-state index in [1.54, 1.807) is 5.56 Å². The molecule has 0 saturated carbocycles. The van der Waals surface area contributed by atoms with Crippen LogP contribution in [0.2, 0.25) is 0 Å². The third kappa shape index (κ3) is 5.86. The average molecular weight is 605 g/mol. The number of nitrogens with zero attached hydrogens (tertiary/aromatic N) is 2. The second-order valence-corrected chi connectivity index (χ2v) is 14.8. The van der Waals surface area contributed by atoms with Crippen LogP contribution in [0.3, 0.4) is 0 Å². The van der Waals surface area contributed by atoms with Crippen LogP contribution in [0.25, 0.3) is 44.3 Å². The molecule has 0 fully saturated rings. The van der Waals surface area contributed by atoms with Crippen molar-refractivity contribution in [2.75, 3.05) is 0 Å². The van der Waals surface area contributed by atoms with Crippen molar-refractivity contribution in [1.29, 1.82) is 0 Å². The lowest BCUT2D eigenvalue weighted by molar-refractivity contribution is -0.645. The van der Waals surface area contributed by atoms with E-state index in [4.69, 9.17) is 0 Å². The average Bonchev–Trinajstić information content (AvgIpc) is 3.59. The summed E-state index contributed by atoms with van der Waals surface area (Å²) < 4.78 is 4.95. The summed E-state index contributed by atoms with van der Waals surface area (Å²) in [6, 6.07) is 38.4. The fraction of sp³-hybridized carbons (Fsp3) is 0.318. The molecule has 2 aliphatic rings. The molecule has 8 rings (SSSR count). The zero-order valence-corrected chi connectivity index (χ0v) is 28.5. The SMILES string of the molecule is CC(C)Cc1cc(CC(C)C)c2c(c1)-c1ccc3ccccc3[n+]1C2.CC(C)Cc1ccc2c(c1)-c1ccc3ccccc3[n+]1C2. The highest BCUT2D eigenvalue weighted by Gasteiger charge is 2.31. The minimum atomic E-state index is 0.684. The van der Waals surface area contributed by atoms with Gasteiger partial charge in [0.05, 0.1) is 11.1 Å². The summed E-state index contributed by atoms with van der Waals surface area (Å²) in [7, 11) is 0. The van der Waals surface area contributed by atoms with Crippen molar-refractivity contribution in [3.63, 3.8) is 0 Å². The summed E-state index contributed by atoms with van der Waals surface area (Å²) in [5.74, 6) is 2.08. The molecular weight excluding hydrogens is 556 g/mol. The second-order valence-electron chi connectivity index (χ2n) is 14.8. The topological polar surface area (TPSA) is 7.76 Å². The smallest absolute Gasteiger partial charge is 0.187 e. The molecule has 0 aliphatic carbocycles. The van der Waals surface area contributed by atoms with Gasteiger partial charge in [-0.2, -0.15) is 9.13 Å². The molecular formula is C44H48N2+2. The molecule has 6 aromatic rings. The molecule has 0 saturated heterocycles. The van der Waals surface area contributed by atoms with E-state index in [2.05, 4.69) is 154 Å². The van der Waals surface area contributed by atoms with Gasteiger partial charge in [0.1, 0.15) is 0 Å². The van der Waals surface area contributed by atoms with Gasteiger partial charge in [-0.05, 0) is 90.1 Å². The molecule has 2 aliphatic heterocycles. The van der Waals surface area contributed by atoms with Gasteiger partial charge in [-0.25, -0.2) is 0 Å². The van der Waals surface area contributed by atoms with Gasteiger partial charge >= 0.3 is 0 Å². The Labute approximate surface area is 275 Å². The molecule has 2 heteroatoms. The van der Waals surface area contributed by atoms with Crippen LogP contribution in [-0.2, 0) is 32.4 Å². The summed E-state index contributed by atoms with van der Waals surface area (Å²) >= 11 is 0. The lowest BCUT2D eigenvalue weighted by atomic mass is 9.90. The second kappa shape index (κ2) is 12.5. The Hall–Kier alpha value is -4.30. The third-order valence-electron chi connectivity index (χ3n) is 9.57. The summed E-state index contributed by atoms with van der Waals surface area (Å²) in [6.07, 6.45) is 3.48. The Bertz CT molecular complexity index is 2060. The van der Waals surface area contributed by atoms with Crippen molar-refractivity contribution in [2.24, 2.45) is 17.8 Å². The van der Waals surface area contributed by atoms with E-state index < -0.39 is 0 Å². The molecule has 232 valence electrons. The van der Waals surface area contributed by atoms with Gasteiger partial charge in [0, 0.05) is 46.2 Å². The van der Waals surface area contributed by atoms with Gasteiger partial charge in [-0.15, -0.1) is 0 Å². The zero-order valence-electron chi connectivity index (χ0n) is 28.5. The minimum Gasteiger partial charge on any atom is -0.187 e. The molecule has 4 heterocycles. The summed E-state index contributed by atoms with van der Waals surface area (Å²) in [6.45, 7) is 15.8. The maximum atomic E-state index is 2.50. The van der Waals surface area contributed by atoms with Crippen LogP contribution < -0.4 is 9.13 Å². The normalized spacial score (nSPS) is 12.8. The van der Waals surface area contributed by atoms with Gasteiger partial charge in [0.25, 0.3) is 0 Å². The van der Waals surface area contributed by atoms with E-state index in [1.807, 2.05) is 0 Å². The monoisotopic (exact) mass is 604 g/mol. The van der Waals surface area contributed by atoms with Crippen molar-refractivity contribution >= 4 is 21.8 Å². The van der Waals surface area contributed by atoms with Gasteiger partial charge in [-0.1, -0.05) is 84.0 Å². The third-order valence-corrected chi connectivity index (χ3v) is 9.57. The molecule has 4 aromatic carbocycles. The summed E-state index contributed by atoms with van der Waals surface area (Å²) in [4.78, 5) is 0. The first-order valence-corrected chi connectivity index (χ1v) is 17.4. The van der Waals surface area contributed by atoms with Gasteiger partial charge in [0.15, 0.2) is 13.1 Å². The highest BCUT2D eigenvalue weighted by molar-refractivity contribution is 5.80. The zero-order chi connectivity index (χ0) is 31.9. The standard InChI is InChI=1S/C24H28N.C20H20N/c1-16(2)11-18-13-20(12-17(3)4)22-15-25-23-8-6-5-7-19(23)9-10-24(25)21(22)14-18;1-14(2)11-15-7-8-17-13-21-19-6-4-3-5-16(19)9-10-20(21)18(17)12-15/h5-10,13-14,16-17H,11-12,15H2,1-4H3;3-10,12,14H,11,13H2,1-2H3/q2*+1. The number of benzene rings is 4. The van der Waals surface area contributed by atoms with E-state index in [9.17, 15) is 0 Å². The maximum absolute atomic E-state index is 2.50. The Kier molecular flexibility index (Phi) is 8.24. The van der Waals surface area contributed by atoms with Crippen molar-refractivity contribution in [1.82, 2.24) is 0 Å². The lowest BCUT2D eigenvalue weighted by Crippen LogP contribution is -2.33. The van der Waals surface area contributed by atoms with Crippen LogP contribution in [-0.4, -0.2) is 0 Å². The molecule has 2 aromatic heterocycles. The molecule has 46 heavy (non-hydrogen) atoms. The van der Waals surface area contributed by atoms with E-state index in [-0.39, 0.29) is 0 Å². The van der Waals surface area contributed by atoms with Crippen molar-refractivity contribution in [3.05, 3.63) is 131 Å². The number of hydrogen-bond donors (Lipinski definition) is 0. The molecule has 0 radical (unpaired) electrons. The predicted molar refractivity (Wildman–Crippen MR) is 193 cm³/mol. The highest BCUT2D eigenvalue weighted by atomic mass is 15.0. The van der Waals surface area contributed by atoms with E-state index in [0.29, 0.717) is 17.8 Å². The first-order chi connectivity index (χ1) is 22.2. The first-order valence-electron chi connectivity index (χ1n) is 17.4. The number of rotatable bonds is 6. The van der Waals surface area contributed by atoms with Crippen LogP contribution >= 0.6 is 0 Å². The lowest BCUT2D eigenvalue weighted by Gasteiger charge is -2.13. The number of aromatic nitrogens is 2. The molecule has 2 nitrogen and oxygen atoms in total. The Morgan fingerprint density at radius 2 is 1.04 bits per heavy atom. The summed E-state index contributed by atoms with van der Waals surface area (Å²) in [5, 5.41) is 2.64. The quantitative estimate of drug-likeness (QED) is 0.167. The largest absolute Gasteiger partial charge is 0.213 e. The van der Waals surface area contributed by atoms with Crippen LogP contribution in [0.5, 0.6) is 0 Å². The Balaban J connectivity index is 0.000000149. The van der Waals surface area contributed by atoms with Gasteiger partial charge in [0.2, 0.25) is 22.4 Å². The molecule has 0 spiro atoms. The minimum absolute atomic E-state index is 0.684. The van der Waals surface area contributed by atoms with Crippen LogP contribution in [0.4, 0.5) is 0 Å². The Morgan fingerprint density at radius 1 is 0.500 bits per heavy atom. The molecule has 0 N–H and O–H groups in total. The van der Waals surface area contributed by atoms with Gasteiger partial charge < -0.3 is 0 Å². The number of para-hydroxylation sites is 2. The number of hydrogen-bond acceptors (Lipinski definition) is 0. The van der Waals surface area contributed by atoms with E-state index >= 15 is 0 Å². The van der Waals surface area contributed by atoms with Crippen LogP contribution in [0, 0.1) is 17.8 Å². The Morgan fingerprint density at radius 3 is 1.67 bits per heavy atom. The van der Waals surface area contributed by atoms with Crippen molar-refractivity contribution < 1.29 is 9.13 Å². The maximum Gasteiger partial charge on any atom is 0.213 e. The van der Waals surface area contributed by atoms with Gasteiger partial charge in [-0.3, -0.25) is 0 Å².